The van der Waals surface area contributed by atoms with Crippen molar-refractivity contribution >= 4 is 15.7 Å². The van der Waals surface area contributed by atoms with Crippen molar-refractivity contribution in [1.82, 2.24) is 14.3 Å². The Labute approximate surface area is 148 Å². The van der Waals surface area contributed by atoms with Gasteiger partial charge in [0.2, 0.25) is 15.7 Å². The quantitative estimate of drug-likeness (QED) is 0.559. The predicted octanol–water partition coefficient (Wildman–Crippen LogP) is 1.10. The summed E-state index contributed by atoms with van der Waals surface area (Å²) >= 11 is 0. The Morgan fingerprint density at radius 2 is 2.12 bits per heavy atom. The Morgan fingerprint density at radius 3 is 2.85 bits per heavy atom. The van der Waals surface area contributed by atoms with E-state index in [0.717, 1.165) is 6.07 Å². The average molecular weight is 375 g/mol. The second kappa shape index (κ2) is 7.03. The van der Waals surface area contributed by atoms with Crippen molar-refractivity contribution in [1.29, 1.82) is 5.26 Å². The number of hydrogen-bond acceptors (Lipinski definition) is 8. The van der Waals surface area contributed by atoms with E-state index in [1.54, 1.807) is 0 Å². The molecule has 0 spiro atoms. The van der Waals surface area contributed by atoms with Crippen LogP contribution in [0.2, 0.25) is 0 Å². The number of nitrogens with zero attached hydrogens (tertiary/aromatic N) is 5. The third-order valence-corrected chi connectivity index (χ3v) is 5.68. The zero-order chi connectivity index (χ0) is 18.7. The van der Waals surface area contributed by atoms with Gasteiger partial charge in [0, 0.05) is 31.1 Å². The fourth-order valence-electron chi connectivity index (χ4n) is 2.56. The first-order chi connectivity index (χ1) is 12.4. The van der Waals surface area contributed by atoms with Gasteiger partial charge in [-0.2, -0.15) is 9.57 Å². The zero-order valence-corrected chi connectivity index (χ0v) is 14.2. The SMILES string of the molecule is N#Cc1nccnc1OC1CCN(S(=O)(=O)c2cccc([N+](=O)[O-])c2)C1. The smallest absolute Gasteiger partial charge is 0.270 e. The molecule has 0 aliphatic carbocycles. The minimum Gasteiger partial charge on any atom is -0.471 e. The van der Waals surface area contributed by atoms with E-state index < -0.39 is 21.1 Å². The van der Waals surface area contributed by atoms with E-state index in [1.807, 2.05) is 6.07 Å². The standard InChI is InChI=1S/C15H13N5O5S/c16-9-14-15(18-6-5-17-14)25-12-4-7-19(10-12)26(23,24)13-3-1-2-11(8-13)20(21)22/h1-3,5-6,8,12H,4,7,10H2. The first-order valence-corrected chi connectivity index (χ1v) is 8.98. The third-order valence-electron chi connectivity index (χ3n) is 3.82. The van der Waals surface area contributed by atoms with Gasteiger partial charge in [-0.1, -0.05) is 6.07 Å². The summed E-state index contributed by atoms with van der Waals surface area (Å²) in [5.41, 5.74) is -0.274. The largest absolute Gasteiger partial charge is 0.471 e. The Bertz CT molecular complexity index is 988. The number of sulfonamides is 1. The molecule has 2 heterocycles. The molecule has 0 saturated carbocycles. The molecule has 1 aliphatic heterocycles. The molecule has 1 atom stereocenters. The summed E-state index contributed by atoms with van der Waals surface area (Å²) in [5.74, 6) is 0.0506. The molecule has 10 nitrogen and oxygen atoms in total. The zero-order valence-electron chi connectivity index (χ0n) is 13.3. The van der Waals surface area contributed by atoms with Crippen molar-refractivity contribution in [3.63, 3.8) is 0 Å². The molecule has 3 rings (SSSR count). The van der Waals surface area contributed by atoms with Crippen molar-refractivity contribution in [2.24, 2.45) is 0 Å². The number of benzene rings is 1. The minimum absolute atomic E-state index is 0.0208. The Balaban J connectivity index is 1.76. The van der Waals surface area contributed by atoms with Gasteiger partial charge >= 0.3 is 0 Å². The maximum absolute atomic E-state index is 12.7. The Hall–Kier alpha value is -3.10. The monoisotopic (exact) mass is 375 g/mol. The highest BCUT2D eigenvalue weighted by atomic mass is 32.2. The molecule has 1 fully saturated rings. The van der Waals surface area contributed by atoms with Crippen LogP contribution in [0.4, 0.5) is 5.69 Å². The molecule has 0 N–H and O–H groups in total. The predicted molar refractivity (Wildman–Crippen MR) is 87.6 cm³/mol. The van der Waals surface area contributed by atoms with Crippen molar-refractivity contribution in [3.8, 4) is 11.9 Å². The van der Waals surface area contributed by atoms with E-state index >= 15 is 0 Å². The number of aromatic nitrogens is 2. The first kappa shape index (κ1) is 17.7. The summed E-state index contributed by atoms with van der Waals surface area (Å²) in [4.78, 5) is 17.8. The molecule has 0 amide bonds. The van der Waals surface area contributed by atoms with Crippen LogP contribution in [0.1, 0.15) is 12.1 Å². The topological polar surface area (TPSA) is 139 Å². The van der Waals surface area contributed by atoms with Gasteiger partial charge in [-0.05, 0) is 12.5 Å². The summed E-state index contributed by atoms with van der Waals surface area (Å²) < 4.78 is 32.2. The third kappa shape index (κ3) is 3.46. The lowest BCUT2D eigenvalue weighted by Gasteiger charge is -2.17. The van der Waals surface area contributed by atoms with Crippen LogP contribution < -0.4 is 4.74 Å². The summed E-state index contributed by atoms with van der Waals surface area (Å²) in [6.45, 7) is 0.240. The van der Waals surface area contributed by atoms with E-state index in [-0.39, 0.29) is 35.2 Å². The average Bonchev–Trinajstić information content (AvgIpc) is 3.11. The highest BCUT2D eigenvalue weighted by Crippen LogP contribution is 2.26. The van der Waals surface area contributed by atoms with E-state index in [0.29, 0.717) is 6.42 Å². The van der Waals surface area contributed by atoms with Gasteiger partial charge in [0.25, 0.3) is 11.6 Å². The van der Waals surface area contributed by atoms with E-state index in [9.17, 15) is 18.5 Å². The number of hydrogen-bond donors (Lipinski definition) is 0. The van der Waals surface area contributed by atoms with Crippen LogP contribution in [0.3, 0.4) is 0 Å². The van der Waals surface area contributed by atoms with Crippen LogP contribution in [0.15, 0.2) is 41.6 Å². The molecular formula is C15H13N5O5S. The van der Waals surface area contributed by atoms with Gasteiger partial charge < -0.3 is 4.74 Å². The van der Waals surface area contributed by atoms with Crippen molar-refractivity contribution in [3.05, 3.63) is 52.5 Å². The second-order valence-electron chi connectivity index (χ2n) is 5.47. The molecular weight excluding hydrogens is 362 g/mol. The Morgan fingerprint density at radius 1 is 1.35 bits per heavy atom. The number of nitro groups is 1. The maximum atomic E-state index is 12.7. The molecule has 1 aliphatic rings. The van der Waals surface area contributed by atoms with Crippen LogP contribution in [-0.4, -0.2) is 46.8 Å². The van der Waals surface area contributed by atoms with Gasteiger partial charge in [0.15, 0.2) is 0 Å². The number of nitriles is 1. The fourth-order valence-corrected chi connectivity index (χ4v) is 4.09. The number of non-ortho nitro benzene ring substituents is 1. The molecule has 11 heteroatoms. The van der Waals surface area contributed by atoms with Crippen molar-refractivity contribution in [2.45, 2.75) is 17.4 Å². The van der Waals surface area contributed by atoms with E-state index in [4.69, 9.17) is 10.00 Å². The lowest BCUT2D eigenvalue weighted by atomic mass is 10.3. The van der Waals surface area contributed by atoms with Crippen molar-refractivity contribution < 1.29 is 18.1 Å². The molecule has 134 valence electrons. The molecule has 1 aromatic carbocycles. The molecule has 2 aromatic rings. The molecule has 1 saturated heterocycles. The van der Waals surface area contributed by atoms with E-state index in [2.05, 4.69) is 9.97 Å². The summed E-state index contributed by atoms with van der Waals surface area (Å²) in [7, 11) is -3.89. The number of rotatable bonds is 5. The van der Waals surface area contributed by atoms with Crippen LogP contribution >= 0.6 is 0 Å². The first-order valence-electron chi connectivity index (χ1n) is 7.54. The van der Waals surface area contributed by atoms with E-state index in [1.165, 1.54) is 34.9 Å². The van der Waals surface area contributed by atoms with Gasteiger partial charge in [0.05, 0.1) is 16.4 Å². The second-order valence-corrected chi connectivity index (χ2v) is 7.41. The number of nitro benzene ring substituents is 1. The summed E-state index contributed by atoms with van der Waals surface area (Å²) in [6.07, 6.45) is 2.64. The molecule has 0 radical (unpaired) electrons. The normalized spacial score (nSPS) is 17.6. The molecule has 0 bridgehead atoms. The molecule has 1 unspecified atom stereocenters. The molecule has 1 aromatic heterocycles. The summed E-state index contributed by atoms with van der Waals surface area (Å²) in [6, 6.07) is 6.76. The van der Waals surface area contributed by atoms with Gasteiger partial charge in [-0.15, -0.1) is 0 Å². The summed E-state index contributed by atoms with van der Waals surface area (Å²) in [5, 5.41) is 19.9. The van der Waals surface area contributed by atoms with Crippen LogP contribution in [0.5, 0.6) is 5.88 Å². The fraction of sp³-hybridized carbons (Fsp3) is 0.267. The van der Waals surface area contributed by atoms with Crippen molar-refractivity contribution in [2.75, 3.05) is 13.1 Å². The number of ether oxygens (including phenoxy) is 1. The lowest BCUT2D eigenvalue weighted by molar-refractivity contribution is -0.385. The van der Waals surface area contributed by atoms with Crippen LogP contribution in [0.25, 0.3) is 0 Å². The Kier molecular flexibility index (Phi) is 4.79. The lowest BCUT2D eigenvalue weighted by Crippen LogP contribution is -2.31. The van der Waals surface area contributed by atoms with Crippen LogP contribution in [0, 0.1) is 21.4 Å². The maximum Gasteiger partial charge on any atom is 0.270 e. The minimum atomic E-state index is -3.89. The molecule has 26 heavy (non-hydrogen) atoms. The van der Waals surface area contributed by atoms with Crippen LogP contribution in [-0.2, 0) is 10.0 Å². The highest BCUT2D eigenvalue weighted by molar-refractivity contribution is 7.89. The highest BCUT2D eigenvalue weighted by Gasteiger charge is 2.34. The van der Waals surface area contributed by atoms with Gasteiger partial charge in [0.1, 0.15) is 12.2 Å². The van der Waals surface area contributed by atoms with Gasteiger partial charge in [-0.3, -0.25) is 10.1 Å². The van der Waals surface area contributed by atoms with Gasteiger partial charge in [-0.25, -0.2) is 18.4 Å².